The number of ether oxygens (including phenoxy) is 4. The standard InChI is InChI=1S/C43H67N5O12Si3/c1-23(2)62(24(3)4)58-33-30(50)31(55-37(42(52)54-13)35(33)59-63(60-62,25(5)6)26(7)8)29(49)32-34(57-61(14,15)43(9,10)11)36(53-12)41(56-32)48-22-46-28-38(44-21-45-39(28)48)47-40(51)27-19-17-16-18-20-27/h16-26,29,31-37,41,49H,1-15H3,(H,44,45,47,51)/t29-,31+,32+,33+,34-,35-,36+,37-,41+/m0/s1. The molecule has 9 atom stereocenters. The van der Waals surface area contributed by atoms with Gasteiger partial charge in [0.05, 0.1) is 13.4 Å². The van der Waals surface area contributed by atoms with Gasteiger partial charge in [-0.1, -0.05) is 94.4 Å². The maximum absolute atomic E-state index is 15.2. The number of carbonyl (C=O) groups excluding carboxylic acids is 3. The molecular formula is C43H67N5O12Si3. The highest BCUT2D eigenvalue weighted by Gasteiger charge is 2.67. The molecule has 1 aromatic carbocycles. The van der Waals surface area contributed by atoms with Crippen molar-refractivity contribution in [1.82, 2.24) is 19.5 Å². The molecule has 3 aromatic rings. The lowest BCUT2D eigenvalue weighted by molar-refractivity contribution is -0.212. The van der Waals surface area contributed by atoms with Crippen LogP contribution >= 0.6 is 0 Å². The Kier molecular flexibility index (Phi) is 14.5. The predicted molar refractivity (Wildman–Crippen MR) is 241 cm³/mol. The second-order valence-corrected chi connectivity index (χ2v) is 33.1. The summed E-state index contributed by atoms with van der Waals surface area (Å²) < 4.78 is 54.9. The summed E-state index contributed by atoms with van der Waals surface area (Å²) in [7, 11) is -6.58. The van der Waals surface area contributed by atoms with Crippen LogP contribution in [-0.2, 0) is 45.9 Å². The molecule has 2 N–H and O–H groups in total. The fourth-order valence-electron chi connectivity index (χ4n) is 8.78. The van der Waals surface area contributed by atoms with Crippen LogP contribution in [0.5, 0.6) is 0 Å². The molecule has 20 heteroatoms. The summed E-state index contributed by atoms with van der Waals surface area (Å²) in [6, 6.07) is 8.71. The number of Topliss-reactive ketones (excluding diaryl/α,β-unsaturated/α-hetero) is 1. The SMILES string of the molecule is COC(=O)[C@H]1O[C@H]([C@H](O)[C@H]2O[C@@H](n3cnc4c(NC(=O)c5ccccc5)ncnc43)[C@H](OC)[C@H]2O[Si](C)(C)C(C)(C)C)C(=O)[C@H]2O[Si](C(C)C)(C(C)C)O[Si](C(C)C)(C(C)C)O[C@H]12. The number of nitrogens with one attached hydrogen (secondary N) is 1. The number of esters is 1. The third-order valence-electron chi connectivity index (χ3n) is 13.3. The Morgan fingerprint density at radius 3 is 2.03 bits per heavy atom. The van der Waals surface area contributed by atoms with E-state index in [4.69, 9.17) is 36.3 Å². The van der Waals surface area contributed by atoms with Gasteiger partial charge in [-0.05, 0) is 52.4 Å². The molecule has 17 nitrogen and oxygen atoms in total. The number of fused-ring (bicyclic) bond motifs is 2. The fourth-order valence-corrected chi connectivity index (χ4v) is 21.3. The van der Waals surface area contributed by atoms with E-state index in [0.717, 1.165) is 0 Å². The van der Waals surface area contributed by atoms with Gasteiger partial charge in [0, 0.05) is 12.7 Å². The Hall–Kier alpha value is -3.29. The van der Waals surface area contributed by atoms with Crippen LogP contribution in [-0.4, -0.2) is 131 Å². The van der Waals surface area contributed by atoms with Gasteiger partial charge in [0.2, 0.25) is 0 Å². The second-order valence-electron chi connectivity index (χ2n) is 19.6. The average molecular weight is 930 g/mol. The van der Waals surface area contributed by atoms with Crippen molar-refractivity contribution in [3.8, 4) is 0 Å². The minimum Gasteiger partial charge on any atom is -0.467 e. The zero-order chi connectivity index (χ0) is 46.6. The Morgan fingerprint density at radius 2 is 1.48 bits per heavy atom. The van der Waals surface area contributed by atoms with Crippen LogP contribution in [0.2, 0.25) is 40.3 Å². The predicted octanol–water partition coefficient (Wildman–Crippen LogP) is 6.58. The Labute approximate surface area is 373 Å². The van der Waals surface area contributed by atoms with E-state index in [1.54, 1.807) is 28.8 Å². The zero-order valence-electron chi connectivity index (χ0n) is 39.3. The van der Waals surface area contributed by atoms with E-state index in [9.17, 15) is 14.7 Å². The molecular weight excluding hydrogens is 863 g/mol. The molecule has 3 saturated heterocycles. The highest BCUT2D eigenvalue weighted by atomic mass is 28.5. The third kappa shape index (κ3) is 8.89. The molecule has 0 spiro atoms. The number of aliphatic hydroxyl groups excluding tert-OH is 1. The summed E-state index contributed by atoms with van der Waals surface area (Å²) in [5.41, 5.74) is 0.586. The second kappa shape index (κ2) is 18.5. The van der Waals surface area contributed by atoms with Crippen LogP contribution in [0.25, 0.3) is 11.2 Å². The lowest BCUT2D eigenvalue weighted by atomic mass is 9.90. The molecule has 3 fully saturated rings. The summed E-state index contributed by atoms with van der Waals surface area (Å²) in [5.74, 6) is -1.61. The van der Waals surface area contributed by atoms with E-state index in [0.29, 0.717) is 11.2 Å². The smallest absolute Gasteiger partial charge is 0.337 e. The highest BCUT2D eigenvalue weighted by molar-refractivity contribution is 6.84. The number of methoxy groups -OCH3 is 2. The molecule has 5 heterocycles. The maximum atomic E-state index is 15.2. The van der Waals surface area contributed by atoms with Gasteiger partial charge in [0.1, 0.15) is 49.1 Å². The highest BCUT2D eigenvalue weighted by Crippen LogP contribution is 2.50. The number of carbonyl (C=O) groups is 3. The quantitative estimate of drug-likeness (QED) is 0.138. The largest absolute Gasteiger partial charge is 0.467 e. The summed E-state index contributed by atoms with van der Waals surface area (Å²) in [5, 5.41) is 15.3. The molecule has 0 bridgehead atoms. The number of imidazole rings is 1. The Morgan fingerprint density at radius 1 is 0.873 bits per heavy atom. The van der Waals surface area contributed by atoms with Crippen LogP contribution in [0, 0.1) is 0 Å². The lowest BCUT2D eigenvalue weighted by Crippen LogP contribution is -2.66. The van der Waals surface area contributed by atoms with Crippen molar-refractivity contribution in [2.75, 3.05) is 19.5 Å². The van der Waals surface area contributed by atoms with Gasteiger partial charge in [-0.3, -0.25) is 14.2 Å². The molecule has 0 saturated carbocycles. The van der Waals surface area contributed by atoms with Crippen molar-refractivity contribution in [2.45, 2.75) is 172 Å². The van der Waals surface area contributed by atoms with E-state index in [-0.39, 0.29) is 44.4 Å². The number of benzene rings is 1. The molecule has 3 aliphatic rings. The van der Waals surface area contributed by atoms with Crippen molar-refractivity contribution in [1.29, 1.82) is 0 Å². The molecule has 0 aliphatic carbocycles. The van der Waals surface area contributed by atoms with E-state index < -0.39 is 92.3 Å². The summed E-state index contributed by atoms with van der Waals surface area (Å²) >= 11 is 0. The van der Waals surface area contributed by atoms with Gasteiger partial charge < -0.3 is 46.8 Å². The van der Waals surface area contributed by atoms with Crippen molar-refractivity contribution in [3.05, 3.63) is 48.5 Å². The monoisotopic (exact) mass is 929 g/mol. The number of hydrogen-bond donors (Lipinski definition) is 2. The number of aromatic nitrogens is 4. The molecule has 0 unspecified atom stereocenters. The van der Waals surface area contributed by atoms with Crippen LogP contribution in [0.4, 0.5) is 5.82 Å². The molecule has 1 amide bonds. The van der Waals surface area contributed by atoms with E-state index in [1.165, 1.54) is 26.9 Å². The number of hydrogen-bond acceptors (Lipinski definition) is 15. The van der Waals surface area contributed by atoms with Crippen molar-refractivity contribution in [3.63, 3.8) is 0 Å². The van der Waals surface area contributed by atoms with Crippen LogP contribution in [0.15, 0.2) is 43.0 Å². The molecule has 3 aliphatic heterocycles. The number of rotatable bonds is 13. The average Bonchev–Trinajstić information content (AvgIpc) is 3.75. The molecule has 6 rings (SSSR count). The van der Waals surface area contributed by atoms with Gasteiger partial charge in [-0.2, -0.15) is 0 Å². The first-order valence-corrected chi connectivity index (χ1v) is 28.7. The maximum Gasteiger partial charge on any atom is 0.337 e. The fraction of sp³-hybridized carbons (Fsp3) is 0.674. The molecule has 348 valence electrons. The minimum absolute atomic E-state index is 0.0929. The number of nitrogens with zero attached hydrogens (tertiary/aromatic N) is 4. The molecule has 63 heavy (non-hydrogen) atoms. The van der Waals surface area contributed by atoms with Crippen LogP contribution < -0.4 is 5.32 Å². The van der Waals surface area contributed by atoms with E-state index >= 15 is 4.79 Å². The Balaban J connectivity index is 1.44. The topological polar surface area (TPSA) is 201 Å². The molecule has 0 radical (unpaired) electrons. The van der Waals surface area contributed by atoms with Crippen LogP contribution in [0.3, 0.4) is 0 Å². The Bertz CT molecular complexity index is 2100. The van der Waals surface area contributed by atoms with Crippen molar-refractivity contribution in [2.24, 2.45) is 0 Å². The van der Waals surface area contributed by atoms with Gasteiger partial charge >= 0.3 is 23.1 Å². The lowest BCUT2D eigenvalue weighted by Gasteiger charge is -2.45. The van der Waals surface area contributed by atoms with E-state index in [1.807, 2.05) is 61.5 Å². The van der Waals surface area contributed by atoms with Gasteiger partial charge in [-0.15, -0.1) is 0 Å². The van der Waals surface area contributed by atoms with E-state index in [2.05, 4.69) is 54.1 Å². The summed E-state index contributed by atoms with van der Waals surface area (Å²) in [4.78, 5) is 55.7. The van der Waals surface area contributed by atoms with Crippen LogP contribution in [0.1, 0.15) is 92.7 Å². The first-order chi connectivity index (χ1) is 29.5. The van der Waals surface area contributed by atoms with Crippen molar-refractivity contribution >= 4 is 60.1 Å². The minimum atomic E-state index is -3.35. The first kappa shape index (κ1) is 49.2. The van der Waals surface area contributed by atoms with Gasteiger partial charge in [0.15, 0.2) is 43.4 Å². The third-order valence-corrected chi connectivity index (χ3v) is 28.1. The first-order valence-electron chi connectivity index (χ1n) is 21.9. The van der Waals surface area contributed by atoms with Crippen molar-refractivity contribution < 1.29 is 55.8 Å². The number of ketones is 1. The summed E-state index contributed by atoms with van der Waals surface area (Å²) in [6.07, 6.45) is -8.80. The normalized spacial score (nSPS) is 28.1. The summed E-state index contributed by atoms with van der Waals surface area (Å²) in [6.45, 7) is 26.7. The zero-order valence-corrected chi connectivity index (χ0v) is 42.3. The number of anilines is 1. The number of amides is 1. The van der Waals surface area contributed by atoms with Gasteiger partial charge in [0.25, 0.3) is 5.91 Å². The van der Waals surface area contributed by atoms with Gasteiger partial charge in [-0.25, -0.2) is 19.7 Å². The molecule has 2 aromatic heterocycles. The number of aliphatic hydroxyl groups is 1.